The van der Waals surface area contributed by atoms with Crippen molar-refractivity contribution in [3.8, 4) is 5.75 Å². The highest BCUT2D eigenvalue weighted by Crippen LogP contribution is 2.19. The molecule has 1 unspecified atom stereocenters. The minimum absolute atomic E-state index is 0.0224. The molecule has 1 aromatic carbocycles. The van der Waals surface area contributed by atoms with Crippen molar-refractivity contribution in [1.82, 2.24) is 9.88 Å². The van der Waals surface area contributed by atoms with E-state index in [0.717, 1.165) is 36.5 Å². The number of nitrogens with zero attached hydrogens (tertiary/aromatic N) is 2. The van der Waals surface area contributed by atoms with Crippen molar-refractivity contribution < 1.29 is 14.3 Å². The maximum atomic E-state index is 13.0. The zero-order valence-corrected chi connectivity index (χ0v) is 14.8. The van der Waals surface area contributed by atoms with Gasteiger partial charge in [-0.05, 0) is 49.6 Å². The molecule has 2 aromatic rings. The van der Waals surface area contributed by atoms with Crippen LogP contribution in [0.3, 0.4) is 0 Å². The van der Waals surface area contributed by atoms with E-state index in [0.29, 0.717) is 18.7 Å². The molecule has 3 rings (SSSR count). The van der Waals surface area contributed by atoms with Crippen molar-refractivity contribution in [3.05, 3.63) is 59.4 Å². The van der Waals surface area contributed by atoms with E-state index in [2.05, 4.69) is 4.98 Å². The molecule has 1 saturated heterocycles. The maximum absolute atomic E-state index is 13.0. The highest BCUT2D eigenvalue weighted by molar-refractivity contribution is 5.93. The van der Waals surface area contributed by atoms with Crippen LogP contribution in [0.4, 0.5) is 0 Å². The van der Waals surface area contributed by atoms with Crippen LogP contribution >= 0.6 is 0 Å². The van der Waals surface area contributed by atoms with E-state index in [1.54, 1.807) is 13.3 Å². The van der Waals surface area contributed by atoms with E-state index in [1.165, 1.54) is 0 Å². The Morgan fingerprint density at radius 1 is 1.36 bits per heavy atom. The lowest BCUT2D eigenvalue weighted by molar-refractivity contribution is 0.0507. The van der Waals surface area contributed by atoms with Crippen LogP contribution in [0.15, 0.2) is 42.6 Å². The van der Waals surface area contributed by atoms with Gasteiger partial charge < -0.3 is 14.4 Å². The number of benzene rings is 1. The van der Waals surface area contributed by atoms with Crippen molar-refractivity contribution in [2.45, 2.75) is 32.4 Å². The molecular formula is C20H24N2O3. The Bertz CT molecular complexity index is 709. The Kier molecular flexibility index (Phi) is 5.66. The van der Waals surface area contributed by atoms with Crippen molar-refractivity contribution in [1.29, 1.82) is 0 Å². The summed E-state index contributed by atoms with van der Waals surface area (Å²) in [5.74, 6) is 0.768. The number of carbonyl (C=O) groups is 1. The minimum atomic E-state index is -0.0224. The summed E-state index contributed by atoms with van der Waals surface area (Å²) in [6, 6.07) is 11.5. The van der Waals surface area contributed by atoms with Gasteiger partial charge in [0.25, 0.3) is 5.91 Å². The number of hydrogen-bond acceptors (Lipinski definition) is 4. The molecule has 0 N–H and O–H groups in total. The van der Waals surface area contributed by atoms with Gasteiger partial charge in [-0.3, -0.25) is 9.78 Å². The summed E-state index contributed by atoms with van der Waals surface area (Å²) in [5, 5.41) is 0. The summed E-state index contributed by atoms with van der Waals surface area (Å²) in [6.07, 6.45) is 3.80. The average Bonchev–Trinajstić information content (AvgIpc) is 3.14. The fourth-order valence-corrected chi connectivity index (χ4v) is 3.02. The first-order valence-corrected chi connectivity index (χ1v) is 8.62. The SMILES string of the molecule is COc1cccc(CN(CC2CCCO2)C(=O)c2ccc(C)nc2)c1. The lowest BCUT2D eigenvalue weighted by Crippen LogP contribution is -2.37. The molecule has 0 radical (unpaired) electrons. The summed E-state index contributed by atoms with van der Waals surface area (Å²) < 4.78 is 11.0. The zero-order chi connectivity index (χ0) is 17.6. The number of carbonyl (C=O) groups excluding carboxylic acids is 1. The predicted octanol–water partition coefficient (Wildman–Crippen LogP) is 3.22. The first kappa shape index (κ1) is 17.4. The van der Waals surface area contributed by atoms with Crippen LogP contribution in [0.2, 0.25) is 0 Å². The molecule has 1 amide bonds. The molecule has 1 aliphatic heterocycles. The number of aromatic nitrogens is 1. The second kappa shape index (κ2) is 8.12. The van der Waals surface area contributed by atoms with Gasteiger partial charge >= 0.3 is 0 Å². The average molecular weight is 340 g/mol. The zero-order valence-electron chi connectivity index (χ0n) is 14.8. The molecule has 0 aliphatic carbocycles. The number of rotatable bonds is 6. The molecule has 5 heteroatoms. The molecule has 1 aromatic heterocycles. The van der Waals surface area contributed by atoms with E-state index >= 15 is 0 Å². The molecule has 1 aliphatic rings. The molecule has 0 spiro atoms. The van der Waals surface area contributed by atoms with Gasteiger partial charge in [-0.1, -0.05) is 12.1 Å². The fraction of sp³-hybridized carbons (Fsp3) is 0.400. The van der Waals surface area contributed by atoms with E-state index in [-0.39, 0.29) is 12.0 Å². The number of hydrogen-bond donors (Lipinski definition) is 0. The van der Waals surface area contributed by atoms with Gasteiger partial charge in [-0.15, -0.1) is 0 Å². The fourth-order valence-electron chi connectivity index (χ4n) is 3.02. The molecule has 0 saturated carbocycles. The van der Waals surface area contributed by atoms with Crippen molar-refractivity contribution in [2.24, 2.45) is 0 Å². The Hall–Kier alpha value is -2.40. The standard InChI is InChI=1S/C20H24N2O3/c1-15-8-9-17(12-21-15)20(23)22(14-19-7-4-10-25-19)13-16-5-3-6-18(11-16)24-2/h3,5-6,8-9,11-12,19H,4,7,10,13-14H2,1-2H3. The first-order chi connectivity index (χ1) is 12.2. The van der Waals surface area contributed by atoms with Gasteiger partial charge in [0.05, 0.1) is 18.8 Å². The molecule has 1 fully saturated rings. The summed E-state index contributed by atoms with van der Waals surface area (Å²) >= 11 is 0. The minimum Gasteiger partial charge on any atom is -0.497 e. The van der Waals surface area contributed by atoms with Crippen LogP contribution in [-0.2, 0) is 11.3 Å². The molecular weight excluding hydrogens is 316 g/mol. The largest absolute Gasteiger partial charge is 0.497 e. The summed E-state index contributed by atoms with van der Waals surface area (Å²) in [5.41, 5.74) is 2.53. The second-order valence-electron chi connectivity index (χ2n) is 6.36. The third-order valence-corrected chi connectivity index (χ3v) is 4.40. The second-order valence-corrected chi connectivity index (χ2v) is 6.36. The molecule has 25 heavy (non-hydrogen) atoms. The van der Waals surface area contributed by atoms with Gasteiger partial charge in [-0.25, -0.2) is 0 Å². The van der Waals surface area contributed by atoms with Gasteiger partial charge in [0, 0.05) is 31.6 Å². The molecule has 2 heterocycles. The Balaban J connectivity index is 1.80. The van der Waals surface area contributed by atoms with Crippen LogP contribution in [0.1, 0.15) is 34.5 Å². The van der Waals surface area contributed by atoms with Gasteiger partial charge in [0.1, 0.15) is 5.75 Å². The molecule has 0 bridgehead atoms. The molecule has 132 valence electrons. The smallest absolute Gasteiger partial charge is 0.255 e. The highest BCUT2D eigenvalue weighted by atomic mass is 16.5. The normalized spacial score (nSPS) is 16.6. The van der Waals surface area contributed by atoms with Crippen LogP contribution in [-0.4, -0.2) is 42.2 Å². The van der Waals surface area contributed by atoms with E-state index < -0.39 is 0 Å². The van der Waals surface area contributed by atoms with Gasteiger partial charge in [-0.2, -0.15) is 0 Å². The van der Waals surface area contributed by atoms with E-state index in [1.807, 2.05) is 48.2 Å². The number of pyridine rings is 1. The summed E-state index contributed by atoms with van der Waals surface area (Å²) in [7, 11) is 1.65. The number of ether oxygens (including phenoxy) is 2. The van der Waals surface area contributed by atoms with Crippen molar-refractivity contribution in [2.75, 3.05) is 20.3 Å². The topological polar surface area (TPSA) is 51.7 Å². The van der Waals surface area contributed by atoms with Crippen LogP contribution in [0, 0.1) is 6.92 Å². The first-order valence-electron chi connectivity index (χ1n) is 8.62. The van der Waals surface area contributed by atoms with E-state index in [9.17, 15) is 4.79 Å². The number of aryl methyl sites for hydroxylation is 1. The van der Waals surface area contributed by atoms with Crippen LogP contribution in [0.25, 0.3) is 0 Å². The monoisotopic (exact) mass is 340 g/mol. The third-order valence-electron chi connectivity index (χ3n) is 4.40. The lowest BCUT2D eigenvalue weighted by Gasteiger charge is -2.26. The Labute approximate surface area is 148 Å². The van der Waals surface area contributed by atoms with Gasteiger partial charge in [0.2, 0.25) is 0 Å². The Morgan fingerprint density at radius 2 is 2.24 bits per heavy atom. The van der Waals surface area contributed by atoms with Crippen molar-refractivity contribution in [3.63, 3.8) is 0 Å². The number of amides is 1. The summed E-state index contributed by atoms with van der Waals surface area (Å²) in [4.78, 5) is 19.1. The van der Waals surface area contributed by atoms with Crippen LogP contribution < -0.4 is 4.74 Å². The number of methoxy groups -OCH3 is 1. The molecule has 5 nitrogen and oxygen atoms in total. The molecule has 1 atom stereocenters. The highest BCUT2D eigenvalue weighted by Gasteiger charge is 2.24. The van der Waals surface area contributed by atoms with Crippen molar-refractivity contribution >= 4 is 5.91 Å². The lowest BCUT2D eigenvalue weighted by atomic mass is 10.1. The predicted molar refractivity (Wildman–Crippen MR) is 95.7 cm³/mol. The quantitative estimate of drug-likeness (QED) is 0.810. The van der Waals surface area contributed by atoms with Gasteiger partial charge in [0.15, 0.2) is 0 Å². The Morgan fingerprint density at radius 3 is 2.92 bits per heavy atom. The van der Waals surface area contributed by atoms with E-state index in [4.69, 9.17) is 9.47 Å². The third kappa shape index (κ3) is 4.57. The summed E-state index contributed by atoms with van der Waals surface area (Å²) in [6.45, 7) is 3.79. The van der Waals surface area contributed by atoms with Crippen LogP contribution in [0.5, 0.6) is 5.75 Å². The maximum Gasteiger partial charge on any atom is 0.255 e.